The minimum atomic E-state index is -0.227. The van der Waals surface area contributed by atoms with Crippen LogP contribution >= 0.6 is 12.4 Å². The second-order valence-electron chi connectivity index (χ2n) is 4.71. The van der Waals surface area contributed by atoms with Crippen molar-refractivity contribution in [3.05, 3.63) is 35.6 Å². The fourth-order valence-corrected chi connectivity index (χ4v) is 2.24. The number of benzene rings is 1. The summed E-state index contributed by atoms with van der Waals surface area (Å²) in [5.41, 5.74) is 0.914. The molecule has 1 aromatic carbocycles. The Balaban J connectivity index is 0.00000180. The summed E-state index contributed by atoms with van der Waals surface area (Å²) in [6.45, 7) is 2.34. The Hall–Kier alpha value is -1.13. The number of hydrogen-bond acceptors (Lipinski definition) is 2. The van der Waals surface area contributed by atoms with Gasteiger partial charge in [-0.2, -0.15) is 0 Å². The minimum Gasteiger partial charge on any atom is -0.355 e. The van der Waals surface area contributed by atoms with Gasteiger partial charge in [0.1, 0.15) is 5.82 Å². The molecule has 1 aliphatic rings. The maximum absolute atomic E-state index is 12.9. The van der Waals surface area contributed by atoms with Crippen LogP contribution in [0.1, 0.15) is 18.4 Å². The number of carbonyl (C=O) groups excluding carboxylic acids is 1. The van der Waals surface area contributed by atoms with E-state index in [2.05, 4.69) is 10.6 Å². The van der Waals surface area contributed by atoms with E-state index in [4.69, 9.17) is 0 Å². The average molecular weight is 287 g/mol. The molecule has 0 spiro atoms. The van der Waals surface area contributed by atoms with Crippen LogP contribution in [-0.2, 0) is 11.2 Å². The van der Waals surface area contributed by atoms with Crippen molar-refractivity contribution in [1.82, 2.24) is 10.6 Å². The molecule has 1 unspecified atom stereocenters. The van der Waals surface area contributed by atoms with Crippen LogP contribution in [0.5, 0.6) is 0 Å². The third kappa shape index (κ3) is 5.17. The maximum Gasteiger partial charge on any atom is 0.224 e. The Morgan fingerprint density at radius 1 is 1.47 bits per heavy atom. The van der Waals surface area contributed by atoms with Gasteiger partial charge in [0.15, 0.2) is 0 Å². The molecule has 1 saturated heterocycles. The van der Waals surface area contributed by atoms with Gasteiger partial charge in [0, 0.05) is 13.1 Å². The first-order valence-electron chi connectivity index (χ1n) is 6.48. The van der Waals surface area contributed by atoms with Crippen molar-refractivity contribution in [2.45, 2.75) is 19.3 Å². The van der Waals surface area contributed by atoms with Crippen molar-refractivity contribution in [1.29, 1.82) is 0 Å². The highest BCUT2D eigenvalue weighted by Crippen LogP contribution is 2.09. The highest BCUT2D eigenvalue weighted by molar-refractivity contribution is 5.85. The molecular weight excluding hydrogens is 267 g/mol. The zero-order valence-electron chi connectivity index (χ0n) is 10.8. The van der Waals surface area contributed by atoms with Crippen LogP contribution in [0.2, 0.25) is 0 Å². The molecule has 0 saturated carbocycles. The van der Waals surface area contributed by atoms with E-state index in [1.54, 1.807) is 6.07 Å². The van der Waals surface area contributed by atoms with Gasteiger partial charge in [-0.25, -0.2) is 4.39 Å². The highest BCUT2D eigenvalue weighted by atomic mass is 35.5. The number of piperidine rings is 1. The Morgan fingerprint density at radius 2 is 2.32 bits per heavy atom. The van der Waals surface area contributed by atoms with Gasteiger partial charge in [-0.15, -0.1) is 12.4 Å². The Kier molecular flexibility index (Phi) is 6.81. The lowest BCUT2D eigenvalue weighted by atomic mass is 9.99. The molecule has 2 N–H and O–H groups in total. The fourth-order valence-electron chi connectivity index (χ4n) is 2.24. The molecule has 1 aliphatic heterocycles. The summed E-state index contributed by atoms with van der Waals surface area (Å²) in [6.07, 6.45) is 2.68. The molecule has 1 fully saturated rings. The number of nitrogens with one attached hydrogen (secondary N) is 2. The molecule has 1 amide bonds. The molecule has 0 radical (unpaired) electrons. The smallest absolute Gasteiger partial charge is 0.224 e. The largest absolute Gasteiger partial charge is 0.355 e. The van der Waals surface area contributed by atoms with E-state index in [9.17, 15) is 9.18 Å². The van der Waals surface area contributed by atoms with E-state index in [0.717, 1.165) is 31.5 Å². The molecular formula is C14H20ClFN2O. The number of hydrogen-bond donors (Lipinski definition) is 2. The van der Waals surface area contributed by atoms with Gasteiger partial charge in [0.25, 0.3) is 0 Å². The van der Waals surface area contributed by atoms with Crippen molar-refractivity contribution in [3.63, 3.8) is 0 Å². The van der Waals surface area contributed by atoms with Crippen LogP contribution in [0.3, 0.4) is 0 Å². The van der Waals surface area contributed by atoms with Crippen molar-refractivity contribution < 1.29 is 9.18 Å². The van der Waals surface area contributed by atoms with Gasteiger partial charge in [0.05, 0.1) is 5.92 Å². The molecule has 1 aromatic rings. The van der Waals surface area contributed by atoms with Crippen molar-refractivity contribution in [2.75, 3.05) is 19.6 Å². The van der Waals surface area contributed by atoms with Gasteiger partial charge < -0.3 is 10.6 Å². The molecule has 1 atom stereocenters. The predicted octanol–water partition coefficient (Wildman–Crippen LogP) is 1.91. The summed E-state index contributed by atoms with van der Waals surface area (Å²) in [6, 6.07) is 6.50. The molecule has 19 heavy (non-hydrogen) atoms. The van der Waals surface area contributed by atoms with E-state index in [1.807, 2.05) is 6.07 Å². The first-order chi connectivity index (χ1) is 8.75. The van der Waals surface area contributed by atoms with E-state index in [0.29, 0.717) is 13.0 Å². The van der Waals surface area contributed by atoms with Crippen LogP contribution < -0.4 is 10.6 Å². The molecule has 0 aromatic heterocycles. The second-order valence-corrected chi connectivity index (χ2v) is 4.71. The predicted molar refractivity (Wildman–Crippen MR) is 76.0 cm³/mol. The van der Waals surface area contributed by atoms with E-state index >= 15 is 0 Å². The fraction of sp³-hybridized carbons (Fsp3) is 0.500. The van der Waals surface area contributed by atoms with Crippen LogP contribution in [0.15, 0.2) is 24.3 Å². The molecule has 3 nitrogen and oxygen atoms in total. The van der Waals surface area contributed by atoms with Gasteiger partial charge in [-0.3, -0.25) is 4.79 Å². The van der Waals surface area contributed by atoms with Gasteiger partial charge >= 0.3 is 0 Å². The summed E-state index contributed by atoms with van der Waals surface area (Å²) in [4.78, 5) is 11.8. The molecule has 0 bridgehead atoms. The topological polar surface area (TPSA) is 41.1 Å². The molecule has 5 heteroatoms. The van der Waals surface area contributed by atoms with E-state index in [1.165, 1.54) is 12.1 Å². The Morgan fingerprint density at radius 3 is 3.00 bits per heavy atom. The summed E-state index contributed by atoms with van der Waals surface area (Å²) in [7, 11) is 0. The number of carbonyl (C=O) groups is 1. The summed E-state index contributed by atoms with van der Waals surface area (Å²) < 4.78 is 12.9. The first-order valence-corrected chi connectivity index (χ1v) is 6.48. The number of halogens is 2. The lowest BCUT2D eigenvalue weighted by Gasteiger charge is -2.21. The first kappa shape index (κ1) is 15.9. The van der Waals surface area contributed by atoms with Crippen LogP contribution in [-0.4, -0.2) is 25.5 Å². The maximum atomic E-state index is 12.9. The SMILES string of the molecule is Cl.O=C(NCCc1cccc(F)c1)C1CCCNC1. The zero-order chi connectivity index (χ0) is 12.8. The normalized spacial score (nSPS) is 18.5. The van der Waals surface area contributed by atoms with Crippen LogP contribution in [0.4, 0.5) is 4.39 Å². The van der Waals surface area contributed by atoms with Gasteiger partial charge in [0.2, 0.25) is 5.91 Å². The number of rotatable bonds is 4. The average Bonchev–Trinajstić information content (AvgIpc) is 2.40. The van der Waals surface area contributed by atoms with Gasteiger partial charge in [-0.05, 0) is 43.5 Å². The van der Waals surface area contributed by atoms with E-state index in [-0.39, 0.29) is 30.0 Å². The third-order valence-electron chi connectivity index (χ3n) is 3.27. The van der Waals surface area contributed by atoms with Crippen LogP contribution in [0.25, 0.3) is 0 Å². The molecule has 0 aliphatic carbocycles. The minimum absolute atomic E-state index is 0. The van der Waals surface area contributed by atoms with Crippen molar-refractivity contribution >= 4 is 18.3 Å². The standard InChI is InChI=1S/C14H19FN2O.ClH/c15-13-5-1-3-11(9-13)6-8-17-14(18)12-4-2-7-16-10-12;/h1,3,5,9,12,16H,2,4,6-8,10H2,(H,17,18);1H. The quantitative estimate of drug-likeness (QED) is 0.888. The lowest BCUT2D eigenvalue weighted by Crippen LogP contribution is -2.41. The van der Waals surface area contributed by atoms with Gasteiger partial charge in [-0.1, -0.05) is 12.1 Å². The van der Waals surface area contributed by atoms with Crippen LogP contribution in [0, 0.1) is 11.7 Å². The van der Waals surface area contributed by atoms with Crippen molar-refractivity contribution in [3.8, 4) is 0 Å². The highest BCUT2D eigenvalue weighted by Gasteiger charge is 2.19. The summed E-state index contributed by atoms with van der Waals surface area (Å²) >= 11 is 0. The summed E-state index contributed by atoms with van der Waals surface area (Å²) in [5, 5.41) is 6.14. The number of amides is 1. The zero-order valence-corrected chi connectivity index (χ0v) is 11.6. The summed E-state index contributed by atoms with van der Waals surface area (Å²) in [5.74, 6) is -0.0276. The third-order valence-corrected chi connectivity index (χ3v) is 3.27. The molecule has 1 heterocycles. The van der Waals surface area contributed by atoms with Crippen molar-refractivity contribution in [2.24, 2.45) is 5.92 Å². The molecule has 2 rings (SSSR count). The molecule has 106 valence electrons. The lowest BCUT2D eigenvalue weighted by molar-refractivity contribution is -0.125. The Bertz CT molecular complexity index is 408. The second kappa shape index (κ2) is 8.12. The van der Waals surface area contributed by atoms with E-state index < -0.39 is 0 Å². The monoisotopic (exact) mass is 286 g/mol. The Labute approximate surface area is 119 Å².